The predicted octanol–water partition coefficient (Wildman–Crippen LogP) is 4.22. The lowest BCUT2D eigenvalue weighted by atomic mass is 9.90. The number of sulfonamides is 1. The summed E-state index contributed by atoms with van der Waals surface area (Å²) in [5.74, 6) is 0.866. The predicted molar refractivity (Wildman–Crippen MR) is 112 cm³/mol. The molecule has 0 fully saturated rings. The second-order valence-corrected chi connectivity index (χ2v) is 8.42. The Labute approximate surface area is 164 Å². The van der Waals surface area contributed by atoms with Crippen molar-refractivity contribution in [3.63, 3.8) is 0 Å². The molecule has 3 aromatic carbocycles. The molecule has 0 aromatic heterocycles. The van der Waals surface area contributed by atoms with Crippen LogP contribution in [0, 0.1) is 13.8 Å². The van der Waals surface area contributed by atoms with Crippen LogP contribution in [0.15, 0.2) is 36.4 Å². The van der Waals surface area contributed by atoms with E-state index >= 15 is 0 Å². The lowest BCUT2D eigenvalue weighted by molar-refractivity contribution is 0.375. The van der Waals surface area contributed by atoms with Gasteiger partial charge in [0.2, 0.25) is 10.0 Å². The first kappa shape index (κ1) is 19.8. The number of phenols is 1. The number of rotatable bonds is 5. The van der Waals surface area contributed by atoms with Crippen molar-refractivity contribution in [2.75, 3.05) is 25.2 Å². The van der Waals surface area contributed by atoms with Gasteiger partial charge < -0.3 is 14.6 Å². The number of phenolic OH excluding ortho intramolecular Hbond substituents is 1. The first-order valence-corrected chi connectivity index (χ1v) is 10.5. The number of aryl methyl sites for hydroxylation is 1. The fraction of sp³-hybridized carbons (Fsp3) is 0.238. The summed E-state index contributed by atoms with van der Waals surface area (Å²) in [6, 6.07) is 11.0. The quantitative estimate of drug-likeness (QED) is 0.669. The van der Waals surface area contributed by atoms with Crippen LogP contribution in [0.25, 0.3) is 21.9 Å². The van der Waals surface area contributed by atoms with Crippen LogP contribution in [0.1, 0.15) is 11.1 Å². The summed E-state index contributed by atoms with van der Waals surface area (Å²) in [5.41, 5.74) is 2.88. The van der Waals surface area contributed by atoms with Crippen LogP contribution < -0.4 is 14.2 Å². The zero-order valence-electron chi connectivity index (χ0n) is 16.5. The molecule has 28 heavy (non-hydrogen) atoms. The van der Waals surface area contributed by atoms with Gasteiger partial charge in [0.25, 0.3) is 0 Å². The minimum atomic E-state index is -3.55. The minimum absolute atomic E-state index is 0.0632. The highest BCUT2D eigenvalue weighted by molar-refractivity contribution is 7.92. The van der Waals surface area contributed by atoms with Crippen molar-refractivity contribution in [1.29, 1.82) is 0 Å². The average Bonchev–Trinajstić information content (AvgIpc) is 2.61. The lowest BCUT2D eigenvalue weighted by Crippen LogP contribution is -2.12. The third kappa shape index (κ3) is 3.45. The topological polar surface area (TPSA) is 84.9 Å². The molecule has 148 valence electrons. The molecule has 2 N–H and O–H groups in total. The summed E-state index contributed by atoms with van der Waals surface area (Å²) in [7, 11) is -0.506. The molecule has 0 aliphatic heterocycles. The van der Waals surface area contributed by atoms with E-state index in [2.05, 4.69) is 4.72 Å². The van der Waals surface area contributed by atoms with E-state index in [1.807, 2.05) is 38.1 Å². The molecule has 0 saturated carbocycles. The molecule has 0 heterocycles. The maximum Gasteiger partial charge on any atom is 0.229 e. The van der Waals surface area contributed by atoms with Crippen molar-refractivity contribution in [3.05, 3.63) is 47.5 Å². The zero-order valence-corrected chi connectivity index (χ0v) is 17.3. The summed E-state index contributed by atoms with van der Waals surface area (Å²) in [6.45, 7) is 3.68. The second kappa shape index (κ2) is 7.24. The molecule has 6 nitrogen and oxygen atoms in total. The number of benzene rings is 3. The third-order valence-electron chi connectivity index (χ3n) is 4.66. The standard InChI is InChI=1S/C21H23NO5S/c1-12-10-16(22-28(5,24)25)18(13(2)21(12)27-4)19-15-9-7-6-8-14(15)11-17(26-3)20(19)23/h6-11,22-23H,1-5H3. The molecule has 0 aliphatic carbocycles. The fourth-order valence-corrected chi connectivity index (χ4v) is 4.16. The van der Waals surface area contributed by atoms with E-state index in [0.717, 1.165) is 22.6 Å². The highest BCUT2D eigenvalue weighted by atomic mass is 32.2. The van der Waals surface area contributed by atoms with Crippen LogP contribution in [-0.4, -0.2) is 34.0 Å². The molecule has 0 unspecified atom stereocenters. The molecule has 0 radical (unpaired) electrons. The van der Waals surface area contributed by atoms with Gasteiger partial charge in [0.1, 0.15) is 5.75 Å². The number of anilines is 1. The summed E-state index contributed by atoms with van der Waals surface area (Å²) < 4.78 is 37.5. The van der Waals surface area contributed by atoms with Crippen LogP contribution >= 0.6 is 0 Å². The Hall–Kier alpha value is -2.93. The van der Waals surface area contributed by atoms with Crippen molar-refractivity contribution in [2.45, 2.75) is 13.8 Å². The van der Waals surface area contributed by atoms with Crippen molar-refractivity contribution in [3.8, 4) is 28.4 Å². The summed E-state index contributed by atoms with van der Waals surface area (Å²) in [6.07, 6.45) is 1.09. The number of hydrogen-bond acceptors (Lipinski definition) is 5. The zero-order chi connectivity index (χ0) is 20.6. The van der Waals surface area contributed by atoms with Gasteiger partial charge in [0.05, 0.1) is 26.2 Å². The molecule has 0 bridgehead atoms. The van der Waals surface area contributed by atoms with Crippen LogP contribution in [-0.2, 0) is 10.0 Å². The van der Waals surface area contributed by atoms with Gasteiger partial charge in [-0.15, -0.1) is 0 Å². The first-order chi connectivity index (χ1) is 13.2. The van der Waals surface area contributed by atoms with Gasteiger partial charge in [-0.2, -0.15) is 0 Å². The second-order valence-electron chi connectivity index (χ2n) is 6.67. The Kier molecular flexibility index (Phi) is 5.12. The Bertz CT molecular complexity index is 1170. The van der Waals surface area contributed by atoms with Crippen LogP contribution in [0.2, 0.25) is 0 Å². The molecular formula is C21H23NO5S. The molecule has 0 spiro atoms. The smallest absolute Gasteiger partial charge is 0.229 e. The van der Waals surface area contributed by atoms with Crippen molar-refractivity contribution in [2.24, 2.45) is 0 Å². The van der Waals surface area contributed by atoms with Gasteiger partial charge in [0.15, 0.2) is 11.5 Å². The molecule has 0 atom stereocenters. The highest BCUT2D eigenvalue weighted by Crippen LogP contribution is 2.49. The fourth-order valence-electron chi connectivity index (χ4n) is 3.60. The van der Waals surface area contributed by atoms with Gasteiger partial charge in [-0.25, -0.2) is 8.42 Å². The van der Waals surface area contributed by atoms with Crippen molar-refractivity contribution < 1.29 is 23.0 Å². The van der Waals surface area contributed by atoms with Gasteiger partial charge in [-0.3, -0.25) is 4.72 Å². The summed E-state index contributed by atoms with van der Waals surface area (Å²) in [4.78, 5) is 0. The minimum Gasteiger partial charge on any atom is -0.504 e. The monoisotopic (exact) mass is 401 g/mol. The largest absolute Gasteiger partial charge is 0.504 e. The Morgan fingerprint density at radius 3 is 2.29 bits per heavy atom. The van der Waals surface area contributed by atoms with E-state index in [0.29, 0.717) is 33.9 Å². The first-order valence-electron chi connectivity index (χ1n) is 8.63. The van der Waals surface area contributed by atoms with Crippen molar-refractivity contribution in [1.82, 2.24) is 0 Å². The maximum atomic E-state index is 12.0. The van der Waals surface area contributed by atoms with Gasteiger partial charge in [-0.05, 0) is 42.3 Å². The molecule has 0 saturated heterocycles. The molecule has 7 heteroatoms. The summed E-state index contributed by atoms with van der Waals surface area (Å²) in [5, 5.41) is 12.6. The van der Waals surface area contributed by atoms with E-state index < -0.39 is 10.0 Å². The molecular weight excluding hydrogens is 378 g/mol. The van der Waals surface area contributed by atoms with E-state index in [-0.39, 0.29) is 5.75 Å². The number of methoxy groups -OCH3 is 2. The highest BCUT2D eigenvalue weighted by Gasteiger charge is 2.23. The number of hydrogen-bond donors (Lipinski definition) is 2. The SMILES string of the molecule is COc1cc2ccccc2c(-c2c(NS(C)(=O)=O)cc(C)c(OC)c2C)c1O. The van der Waals surface area contributed by atoms with E-state index in [4.69, 9.17) is 9.47 Å². The molecule has 0 aliphatic rings. The molecule has 3 aromatic rings. The number of ether oxygens (including phenoxy) is 2. The van der Waals surface area contributed by atoms with Gasteiger partial charge in [0, 0.05) is 16.7 Å². The Balaban J connectivity index is 2.52. The van der Waals surface area contributed by atoms with Crippen LogP contribution in [0.4, 0.5) is 5.69 Å². The van der Waals surface area contributed by atoms with Crippen molar-refractivity contribution >= 4 is 26.5 Å². The van der Waals surface area contributed by atoms with Gasteiger partial charge >= 0.3 is 0 Å². The molecule has 0 amide bonds. The lowest BCUT2D eigenvalue weighted by Gasteiger charge is -2.21. The maximum absolute atomic E-state index is 12.0. The van der Waals surface area contributed by atoms with Crippen LogP contribution in [0.3, 0.4) is 0 Å². The summed E-state index contributed by atoms with van der Waals surface area (Å²) >= 11 is 0. The Morgan fingerprint density at radius 2 is 1.68 bits per heavy atom. The Morgan fingerprint density at radius 1 is 1.00 bits per heavy atom. The van der Waals surface area contributed by atoms with E-state index in [9.17, 15) is 13.5 Å². The normalized spacial score (nSPS) is 11.5. The molecule has 3 rings (SSSR count). The van der Waals surface area contributed by atoms with E-state index in [1.165, 1.54) is 7.11 Å². The number of fused-ring (bicyclic) bond motifs is 1. The van der Waals surface area contributed by atoms with E-state index in [1.54, 1.807) is 19.2 Å². The average molecular weight is 401 g/mol. The van der Waals surface area contributed by atoms with Crippen LogP contribution in [0.5, 0.6) is 17.2 Å². The number of nitrogens with one attached hydrogen (secondary N) is 1. The van der Waals surface area contributed by atoms with Gasteiger partial charge in [-0.1, -0.05) is 24.3 Å². The number of aromatic hydroxyl groups is 1. The third-order valence-corrected chi connectivity index (χ3v) is 5.25.